The van der Waals surface area contributed by atoms with Gasteiger partial charge < -0.3 is 20.2 Å². The van der Waals surface area contributed by atoms with Gasteiger partial charge in [0.25, 0.3) is 11.8 Å². The summed E-state index contributed by atoms with van der Waals surface area (Å²) in [6.45, 7) is 2.26. The number of carbonyl (C=O) groups excluding carboxylic acids is 2. The summed E-state index contributed by atoms with van der Waals surface area (Å²) in [6.07, 6.45) is 1.42. The molecule has 1 unspecified atom stereocenters. The minimum atomic E-state index is -0.359. The van der Waals surface area contributed by atoms with Crippen LogP contribution in [0.25, 0.3) is 0 Å². The molecular formula is C14H16N2O4S. The van der Waals surface area contributed by atoms with Gasteiger partial charge in [0.2, 0.25) is 0 Å². The van der Waals surface area contributed by atoms with Crippen LogP contribution >= 0.6 is 11.3 Å². The number of hydrogen-bond donors (Lipinski definition) is 3. The fourth-order valence-corrected chi connectivity index (χ4v) is 2.34. The van der Waals surface area contributed by atoms with E-state index >= 15 is 0 Å². The number of thiophene rings is 1. The molecule has 0 radical (unpaired) electrons. The van der Waals surface area contributed by atoms with Gasteiger partial charge >= 0.3 is 0 Å². The smallest absolute Gasteiger partial charge is 0.291 e. The molecule has 0 aliphatic carbocycles. The van der Waals surface area contributed by atoms with Crippen LogP contribution in [-0.2, 0) is 0 Å². The predicted octanol–water partition coefficient (Wildman–Crippen LogP) is 1.95. The Balaban J connectivity index is 1.92. The molecule has 0 aliphatic heterocycles. The monoisotopic (exact) mass is 308 g/mol. The zero-order valence-electron chi connectivity index (χ0n) is 11.5. The molecule has 0 spiro atoms. The molecule has 0 fully saturated rings. The maximum Gasteiger partial charge on any atom is 0.291 e. The second-order valence-electron chi connectivity index (χ2n) is 4.59. The number of anilines is 1. The summed E-state index contributed by atoms with van der Waals surface area (Å²) in [5, 5.41) is 14.9. The molecule has 0 saturated carbocycles. The first-order chi connectivity index (χ1) is 10.1. The highest BCUT2D eigenvalue weighted by atomic mass is 32.1. The number of rotatable bonds is 6. The van der Waals surface area contributed by atoms with E-state index in [2.05, 4.69) is 10.6 Å². The highest BCUT2D eigenvalue weighted by Gasteiger charge is 2.13. The maximum atomic E-state index is 11.9. The zero-order valence-corrected chi connectivity index (χ0v) is 12.3. The summed E-state index contributed by atoms with van der Waals surface area (Å²) < 4.78 is 4.99. The van der Waals surface area contributed by atoms with Crippen molar-refractivity contribution in [2.24, 2.45) is 5.92 Å². The topological polar surface area (TPSA) is 91.6 Å². The van der Waals surface area contributed by atoms with E-state index in [0.29, 0.717) is 16.4 Å². The largest absolute Gasteiger partial charge is 0.459 e. The fraction of sp³-hybridized carbons (Fsp3) is 0.286. The average molecular weight is 308 g/mol. The van der Waals surface area contributed by atoms with E-state index in [9.17, 15) is 9.59 Å². The maximum absolute atomic E-state index is 11.9. The average Bonchev–Trinajstić information content (AvgIpc) is 3.15. The van der Waals surface area contributed by atoms with Crippen molar-refractivity contribution in [1.82, 2.24) is 5.32 Å². The molecule has 2 amide bonds. The predicted molar refractivity (Wildman–Crippen MR) is 79.6 cm³/mol. The van der Waals surface area contributed by atoms with Crippen molar-refractivity contribution in [2.75, 3.05) is 18.5 Å². The standard InChI is InChI=1S/C14H16N2O4S/c1-9(8-17)7-15-14(19)11-4-5-12(21-11)16-13(18)10-3-2-6-20-10/h2-6,9,17H,7-8H2,1H3,(H,15,19)(H,16,18). The number of hydrogen-bond acceptors (Lipinski definition) is 5. The van der Waals surface area contributed by atoms with Crippen molar-refractivity contribution in [3.63, 3.8) is 0 Å². The van der Waals surface area contributed by atoms with Gasteiger partial charge in [-0.05, 0) is 30.2 Å². The quantitative estimate of drug-likeness (QED) is 0.760. The lowest BCUT2D eigenvalue weighted by Crippen LogP contribution is -2.28. The first-order valence-corrected chi connectivity index (χ1v) is 7.25. The van der Waals surface area contributed by atoms with Gasteiger partial charge in [-0.2, -0.15) is 0 Å². The molecular weight excluding hydrogens is 292 g/mol. The van der Waals surface area contributed by atoms with Crippen molar-refractivity contribution < 1.29 is 19.1 Å². The Labute approximate surface area is 125 Å². The number of amides is 2. The van der Waals surface area contributed by atoms with Gasteiger partial charge in [-0.25, -0.2) is 0 Å². The Morgan fingerprint density at radius 2 is 2.14 bits per heavy atom. The van der Waals surface area contributed by atoms with E-state index in [4.69, 9.17) is 9.52 Å². The molecule has 1 atom stereocenters. The third-order valence-electron chi connectivity index (χ3n) is 2.73. The highest BCUT2D eigenvalue weighted by Crippen LogP contribution is 2.22. The SMILES string of the molecule is CC(CO)CNC(=O)c1ccc(NC(=O)c2ccco2)s1. The first kappa shape index (κ1) is 15.3. The molecule has 3 N–H and O–H groups in total. The van der Waals surface area contributed by atoms with Crippen LogP contribution in [0.15, 0.2) is 34.9 Å². The summed E-state index contributed by atoms with van der Waals surface area (Å²) in [5.74, 6) is -0.361. The summed E-state index contributed by atoms with van der Waals surface area (Å²) in [7, 11) is 0. The van der Waals surface area contributed by atoms with Gasteiger partial charge in [0, 0.05) is 13.2 Å². The van der Waals surface area contributed by atoms with Crippen LogP contribution in [0.5, 0.6) is 0 Å². The Bertz CT molecular complexity index is 606. The van der Waals surface area contributed by atoms with Crippen LogP contribution < -0.4 is 10.6 Å². The van der Waals surface area contributed by atoms with Gasteiger partial charge in [0.05, 0.1) is 16.1 Å². The first-order valence-electron chi connectivity index (χ1n) is 6.44. The molecule has 0 aromatic carbocycles. The molecule has 0 saturated heterocycles. The molecule has 21 heavy (non-hydrogen) atoms. The van der Waals surface area contributed by atoms with Crippen LogP contribution in [0.3, 0.4) is 0 Å². The second-order valence-corrected chi connectivity index (χ2v) is 5.68. The van der Waals surface area contributed by atoms with E-state index < -0.39 is 0 Å². The van der Waals surface area contributed by atoms with Crippen LogP contribution in [0.2, 0.25) is 0 Å². The lowest BCUT2D eigenvalue weighted by molar-refractivity contribution is 0.0945. The number of furan rings is 1. The Hall–Kier alpha value is -2.12. The van der Waals surface area contributed by atoms with Crippen molar-refractivity contribution in [3.05, 3.63) is 41.2 Å². The van der Waals surface area contributed by atoms with Crippen molar-refractivity contribution in [1.29, 1.82) is 0 Å². The molecule has 0 bridgehead atoms. The lowest BCUT2D eigenvalue weighted by Gasteiger charge is -2.08. The Morgan fingerprint density at radius 3 is 2.81 bits per heavy atom. The minimum Gasteiger partial charge on any atom is -0.459 e. The Morgan fingerprint density at radius 1 is 1.33 bits per heavy atom. The number of nitrogens with one attached hydrogen (secondary N) is 2. The Kier molecular flexibility index (Phi) is 5.13. The molecule has 2 aromatic rings. The number of aliphatic hydroxyl groups is 1. The van der Waals surface area contributed by atoms with Gasteiger partial charge in [0.1, 0.15) is 0 Å². The number of carbonyl (C=O) groups is 2. The van der Waals surface area contributed by atoms with Gasteiger partial charge in [-0.3, -0.25) is 9.59 Å². The molecule has 6 nitrogen and oxygen atoms in total. The molecule has 2 rings (SSSR count). The third-order valence-corrected chi connectivity index (χ3v) is 3.73. The normalized spacial score (nSPS) is 11.9. The van der Waals surface area contributed by atoms with E-state index in [1.165, 1.54) is 17.6 Å². The highest BCUT2D eigenvalue weighted by molar-refractivity contribution is 7.18. The minimum absolute atomic E-state index is 0.00652. The van der Waals surface area contributed by atoms with Crippen molar-refractivity contribution in [2.45, 2.75) is 6.92 Å². The van der Waals surface area contributed by atoms with Crippen LogP contribution in [-0.4, -0.2) is 30.1 Å². The van der Waals surface area contributed by atoms with Crippen LogP contribution in [0, 0.1) is 5.92 Å². The van der Waals surface area contributed by atoms with Crippen LogP contribution in [0.4, 0.5) is 5.00 Å². The van der Waals surface area contributed by atoms with Crippen molar-refractivity contribution >= 4 is 28.2 Å². The van der Waals surface area contributed by atoms with Gasteiger partial charge in [-0.15, -0.1) is 11.3 Å². The fourth-order valence-electron chi connectivity index (χ4n) is 1.53. The molecule has 7 heteroatoms. The summed E-state index contributed by atoms with van der Waals surface area (Å²) >= 11 is 1.18. The summed E-state index contributed by atoms with van der Waals surface area (Å²) in [5.41, 5.74) is 0. The third kappa shape index (κ3) is 4.17. The summed E-state index contributed by atoms with van der Waals surface area (Å²) in [6, 6.07) is 6.49. The molecule has 2 aromatic heterocycles. The molecule has 0 aliphatic rings. The zero-order chi connectivity index (χ0) is 15.2. The van der Waals surface area contributed by atoms with Gasteiger partial charge in [-0.1, -0.05) is 6.92 Å². The molecule has 2 heterocycles. The van der Waals surface area contributed by atoms with E-state index in [-0.39, 0.29) is 30.1 Å². The molecule has 112 valence electrons. The van der Waals surface area contributed by atoms with Gasteiger partial charge in [0.15, 0.2) is 5.76 Å². The van der Waals surface area contributed by atoms with E-state index in [1.54, 1.807) is 24.3 Å². The van der Waals surface area contributed by atoms with E-state index in [0.717, 1.165) is 0 Å². The van der Waals surface area contributed by atoms with E-state index in [1.807, 2.05) is 6.92 Å². The summed E-state index contributed by atoms with van der Waals surface area (Å²) in [4.78, 5) is 24.2. The van der Waals surface area contributed by atoms with Crippen molar-refractivity contribution in [3.8, 4) is 0 Å². The second kappa shape index (κ2) is 7.05. The van der Waals surface area contributed by atoms with Crippen LogP contribution in [0.1, 0.15) is 27.2 Å². The lowest BCUT2D eigenvalue weighted by atomic mass is 10.2. The number of aliphatic hydroxyl groups excluding tert-OH is 1.